The highest BCUT2D eigenvalue weighted by molar-refractivity contribution is 7.80. The van der Waals surface area contributed by atoms with Crippen LogP contribution in [0.4, 0.5) is 0 Å². The minimum absolute atomic E-state index is 0.144. The Bertz CT molecular complexity index is 731. The van der Waals surface area contributed by atoms with Crippen molar-refractivity contribution in [3.63, 3.8) is 0 Å². The number of benzene rings is 1. The Balaban J connectivity index is 2.25. The molecule has 1 aromatic carbocycles. The number of rotatable bonds is 6. The van der Waals surface area contributed by atoms with Crippen molar-refractivity contribution in [2.24, 2.45) is 0 Å². The van der Waals surface area contributed by atoms with Gasteiger partial charge in [-0.2, -0.15) is 0 Å². The van der Waals surface area contributed by atoms with Gasteiger partial charge in [0.25, 0.3) is 11.8 Å². The van der Waals surface area contributed by atoms with Crippen molar-refractivity contribution in [3.05, 3.63) is 29.5 Å². The molecule has 0 radical (unpaired) electrons. The molecule has 0 spiro atoms. The molecule has 2 amide bonds. The van der Waals surface area contributed by atoms with Crippen LogP contribution in [0.25, 0.3) is 6.08 Å². The van der Waals surface area contributed by atoms with E-state index in [-0.39, 0.29) is 16.9 Å². The zero-order valence-corrected chi connectivity index (χ0v) is 15.4. The van der Waals surface area contributed by atoms with Crippen LogP contribution in [-0.2, 0) is 9.59 Å². The number of thiocarbonyl (C=S) groups is 1. The summed E-state index contributed by atoms with van der Waals surface area (Å²) in [5.41, 5.74) is 1.10. The quantitative estimate of drug-likeness (QED) is 0.586. The van der Waals surface area contributed by atoms with Crippen LogP contribution < -0.4 is 20.1 Å². The number of hydrogen-bond acceptors (Lipinski definition) is 5. The van der Waals surface area contributed by atoms with Crippen LogP contribution in [0.2, 0.25) is 0 Å². The number of amides is 2. The molecule has 0 bridgehead atoms. The molecule has 2 rings (SSSR count). The molecular weight excluding hydrogens is 342 g/mol. The molecule has 8 heteroatoms. The number of nitrogens with one attached hydrogen (secondary N) is 2. The number of hydrogen-bond donors (Lipinski definition) is 2. The molecule has 1 aliphatic heterocycles. The predicted molar refractivity (Wildman–Crippen MR) is 98.2 cm³/mol. The Labute approximate surface area is 152 Å². The molecular formula is C17H21N3O4S. The fourth-order valence-corrected chi connectivity index (χ4v) is 2.44. The summed E-state index contributed by atoms with van der Waals surface area (Å²) in [7, 11) is 3.34. The summed E-state index contributed by atoms with van der Waals surface area (Å²) >= 11 is 4.91. The maximum atomic E-state index is 12.0. The van der Waals surface area contributed by atoms with Crippen molar-refractivity contribution >= 4 is 35.2 Å². The van der Waals surface area contributed by atoms with Crippen molar-refractivity contribution in [3.8, 4) is 11.5 Å². The van der Waals surface area contributed by atoms with E-state index in [0.717, 1.165) is 5.56 Å². The van der Waals surface area contributed by atoms with Crippen LogP contribution >= 0.6 is 12.2 Å². The molecule has 134 valence electrons. The van der Waals surface area contributed by atoms with Gasteiger partial charge in [-0.05, 0) is 49.8 Å². The lowest BCUT2D eigenvalue weighted by atomic mass is 10.1. The lowest BCUT2D eigenvalue weighted by molar-refractivity contribution is -0.135. The summed E-state index contributed by atoms with van der Waals surface area (Å²) in [6.07, 6.45) is 1.02. The first-order valence-electron chi connectivity index (χ1n) is 7.80. The molecule has 0 unspecified atom stereocenters. The Morgan fingerprint density at radius 3 is 2.60 bits per heavy atom. The van der Waals surface area contributed by atoms with Crippen molar-refractivity contribution < 1.29 is 19.1 Å². The fourth-order valence-electron chi connectivity index (χ4n) is 2.23. The van der Waals surface area contributed by atoms with Crippen LogP contribution in [0, 0.1) is 0 Å². The van der Waals surface area contributed by atoms with Crippen molar-refractivity contribution in [1.82, 2.24) is 15.5 Å². The van der Waals surface area contributed by atoms with Gasteiger partial charge in [0.1, 0.15) is 5.70 Å². The maximum Gasteiger partial charge on any atom is 0.273 e. The van der Waals surface area contributed by atoms with E-state index in [2.05, 4.69) is 10.6 Å². The van der Waals surface area contributed by atoms with Gasteiger partial charge in [0.15, 0.2) is 22.7 Å². The van der Waals surface area contributed by atoms with Gasteiger partial charge in [-0.1, -0.05) is 6.07 Å². The Hall–Kier alpha value is -2.61. The molecule has 1 fully saturated rings. The van der Waals surface area contributed by atoms with Crippen LogP contribution in [0.1, 0.15) is 19.4 Å². The molecule has 0 saturated carbocycles. The Kier molecular flexibility index (Phi) is 5.97. The van der Waals surface area contributed by atoms with Gasteiger partial charge in [0.2, 0.25) is 0 Å². The molecule has 1 aliphatic rings. The van der Waals surface area contributed by atoms with E-state index < -0.39 is 6.10 Å². The third-order valence-electron chi connectivity index (χ3n) is 3.39. The number of carbonyl (C=O) groups is 2. The SMILES string of the molecule is CCOc1cc(/C=C2\NC(=S)NC2=O)ccc1O[C@@H](C)C(=O)N(C)C. The normalized spacial score (nSPS) is 16.2. The molecule has 25 heavy (non-hydrogen) atoms. The maximum absolute atomic E-state index is 12.0. The summed E-state index contributed by atoms with van der Waals surface area (Å²) in [4.78, 5) is 25.2. The van der Waals surface area contributed by atoms with Crippen molar-refractivity contribution in [2.75, 3.05) is 20.7 Å². The molecule has 0 aromatic heterocycles. The highest BCUT2D eigenvalue weighted by atomic mass is 32.1. The molecule has 1 atom stereocenters. The van der Waals surface area contributed by atoms with Gasteiger partial charge in [0.05, 0.1) is 6.61 Å². The first-order chi connectivity index (χ1) is 11.8. The second-order valence-electron chi connectivity index (χ2n) is 5.60. The molecule has 1 heterocycles. The summed E-state index contributed by atoms with van der Waals surface area (Å²) in [6, 6.07) is 5.23. The summed E-state index contributed by atoms with van der Waals surface area (Å²) < 4.78 is 11.3. The third kappa shape index (κ3) is 4.69. The highest BCUT2D eigenvalue weighted by Gasteiger charge is 2.21. The number of likely N-dealkylation sites (N-methyl/N-ethyl adjacent to an activating group) is 1. The standard InChI is InChI=1S/C17H21N3O4S/c1-5-23-14-9-11(8-12-15(21)19-17(25)18-12)6-7-13(14)24-10(2)16(22)20(3)4/h6-10H,5H2,1-4H3,(H2,18,19,21,25)/b12-8-/t10-/m0/s1. The first-order valence-corrected chi connectivity index (χ1v) is 8.21. The van der Waals surface area contributed by atoms with Gasteiger partial charge in [0, 0.05) is 14.1 Å². The van der Waals surface area contributed by atoms with E-state index in [4.69, 9.17) is 21.7 Å². The Morgan fingerprint density at radius 2 is 2.04 bits per heavy atom. The zero-order valence-electron chi connectivity index (χ0n) is 14.6. The monoisotopic (exact) mass is 363 g/mol. The second kappa shape index (κ2) is 7.98. The van der Waals surface area contributed by atoms with E-state index >= 15 is 0 Å². The van der Waals surface area contributed by atoms with E-state index in [9.17, 15) is 9.59 Å². The number of ether oxygens (including phenoxy) is 2. The average molecular weight is 363 g/mol. The molecule has 1 aromatic rings. The summed E-state index contributed by atoms with van der Waals surface area (Å²) in [6.45, 7) is 3.98. The van der Waals surface area contributed by atoms with Gasteiger partial charge in [-0.3, -0.25) is 14.9 Å². The van der Waals surface area contributed by atoms with E-state index in [0.29, 0.717) is 23.8 Å². The van der Waals surface area contributed by atoms with Gasteiger partial charge < -0.3 is 19.7 Å². The van der Waals surface area contributed by atoms with Crippen LogP contribution in [0.5, 0.6) is 11.5 Å². The van der Waals surface area contributed by atoms with Crippen LogP contribution in [0.15, 0.2) is 23.9 Å². The summed E-state index contributed by atoms with van der Waals surface area (Å²) in [5.74, 6) is 0.532. The van der Waals surface area contributed by atoms with Crippen molar-refractivity contribution in [2.45, 2.75) is 20.0 Å². The third-order valence-corrected chi connectivity index (χ3v) is 3.59. The van der Waals surface area contributed by atoms with Crippen LogP contribution in [-0.4, -0.2) is 48.6 Å². The summed E-state index contributed by atoms with van der Waals surface area (Å²) in [5, 5.41) is 5.57. The van der Waals surface area contributed by atoms with E-state index in [1.165, 1.54) is 4.90 Å². The Morgan fingerprint density at radius 1 is 1.32 bits per heavy atom. The molecule has 7 nitrogen and oxygen atoms in total. The predicted octanol–water partition coefficient (Wildman–Crippen LogP) is 1.29. The molecule has 0 aliphatic carbocycles. The van der Waals surface area contributed by atoms with E-state index in [1.807, 2.05) is 6.92 Å². The average Bonchev–Trinajstić information content (AvgIpc) is 2.86. The first kappa shape index (κ1) is 18.7. The number of carbonyl (C=O) groups excluding carboxylic acids is 2. The highest BCUT2D eigenvalue weighted by Crippen LogP contribution is 2.30. The minimum Gasteiger partial charge on any atom is -0.490 e. The smallest absolute Gasteiger partial charge is 0.273 e. The lowest BCUT2D eigenvalue weighted by Gasteiger charge is -2.20. The van der Waals surface area contributed by atoms with Gasteiger partial charge >= 0.3 is 0 Å². The van der Waals surface area contributed by atoms with Crippen molar-refractivity contribution in [1.29, 1.82) is 0 Å². The lowest BCUT2D eigenvalue weighted by Crippen LogP contribution is -2.35. The second-order valence-corrected chi connectivity index (χ2v) is 6.01. The number of nitrogens with zero attached hydrogens (tertiary/aromatic N) is 1. The van der Waals surface area contributed by atoms with Crippen LogP contribution in [0.3, 0.4) is 0 Å². The molecule has 1 saturated heterocycles. The van der Waals surface area contributed by atoms with Gasteiger partial charge in [-0.25, -0.2) is 0 Å². The van der Waals surface area contributed by atoms with E-state index in [1.54, 1.807) is 45.3 Å². The fraction of sp³-hybridized carbons (Fsp3) is 0.353. The minimum atomic E-state index is -0.641. The molecule has 2 N–H and O–H groups in total. The largest absolute Gasteiger partial charge is 0.490 e. The topological polar surface area (TPSA) is 79.9 Å². The zero-order chi connectivity index (χ0) is 18.6. The van der Waals surface area contributed by atoms with Gasteiger partial charge in [-0.15, -0.1) is 0 Å².